The van der Waals surface area contributed by atoms with Crippen LogP contribution in [0.1, 0.15) is 287 Å². The Morgan fingerprint density at radius 1 is 0.285 bits per heavy atom. The number of ether oxygens (including phenoxy) is 1. The Bertz CT molecular complexity index is 4410. The summed E-state index contributed by atoms with van der Waals surface area (Å²) >= 11 is 0. The maximum atomic E-state index is 15.8. The minimum Gasteiger partial charge on any atom is -0.481 e. The number of benzene rings is 5. The number of carbonyl (C=O) groups excluding carboxylic acids is 12. The van der Waals surface area contributed by atoms with Crippen LogP contribution in [0.3, 0.4) is 0 Å². The third-order valence-electron chi connectivity index (χ3n) is 25.4. The van der Waals surface area contributed by atoms with Gasteiger partial charge in [-0.25, -0.2) is 0 Å². The van der Waals surface area contributed by atoms with Crippen LogP contribution < -0.4 is 16.8 Å². The number of nitrogens with zero attached hydrogens (tertiary/aromatic N) is 11. The van der Waals surface area contributed by atoms with Crippen LogP contribution in [0.5, 0.6) is 0 Å². The van der Waals surface area contributed by atoms with Crippen molar-refractivity contribution in [3.05, 3.63) is 179 Å². The van der Waals surface area contributed by atoms with Crippen LogP contribution in [-0.2, 0) is 71.9 Å². The maximum Gasteiger partial charge on any atom is 0.305 e. The first-order chi connectivity index (χ1) is 66.0. The normalized spacial score (nSPS) is 12.2. The standard InChI is InChI=1S/C106H160N14O17/c1-10-13-16-19-22-25-28-46-64-110(72-93(108)121)97(125)78-117(84(5)89-52-38-32-39-53-89)102(130)76-114(68-60-105(133)134)96(124)74-112(66-48-30-27-24-21-18-15-12-3)99(127)79-118(85(6)90-54-40-33-41-55-90)101(129)75-113(67-49-62-107)95(123)73-111(65-47-29-26-23-20-17-14-11-2)98(126)80-119(86(7)91-56-42-34-43-57-91)103(131)77-115(69-61-106(135)136)100(128)81-120(87(8)92-58-44-35-45-59-92)104(132)82-116(94(122)71-109-63-70-137-9)83(4)88-50-36-31-37-51-88/h31-45,50-59,83-87,109H,10-30,46-49,60-82,107H2,1-9H3,(H2,108,121)(H,133,134)(H,135,136)/t83-,84-,85-,86-,87-/m0/s1. The number of primary amides is 1. The third kappa shape index (κ3) is 43.9. The molecule has 5 rings (SSSR count). The Morgan fingerprint density at radius 2 is 0.496 bits per heavy atom. The van der Waals surface area contributed by atoms with E-state index in [0.29, 0.717) is 67.5 Å². The fourth-order valence-corrected chi connectivity index (χ4v) is 16.7. The Balaban J connectivity index is 1.55. The number of aliphatic carboxylic acids is 2. The van der Waals surface area contributed by atoms with Gasteiger partial charge in [-0.2, -0.15) is 0 Å². The molecular formula is C106H160N14O17. The van der Waals surface area contributed by atoms with Crippen molar-refractivity contribution in [3.8, 4) is 0 Å². The molecule has 0 aliphatic carbocycles. The van der Waals surface area contributed by atoms with Gasteiger partial charge in [0, 0.05) is 52.9 Å². The lowest BCUT2D eigenvalue weighted by molar-refractivity contribution is -0.151. The van der Waals surface area contributed by atoms with Crippen LogP contribution in [-0.4, -0.2) is 292 Å². The predicted octanol–water partition coefficient (Wildman–Crippen LogP) is 13.3. The first-order valence-corrected chi connectivity index (χ1v) is 50.0. The van der Waals surface area contributed by atoms with E-state index in [0.717, 1.165) is 137 Å². The van der Waals surface area contributed by atoms with E-state index >= 15 is 43.2 Å². The second-order valence-corrected chi connectivity index (χ2v) is 35.9. The number of unbranched alkanes of at least 4 members (excludes halogenated alkanes) is 21. The Hall–Kier alpha value is -11.4. The molecule has 0 heterocycles. The van der Waals surface area contributed by atoms with E-state index in [1.165, 1.54) is 51.2 Å². The molecule has 0 aromatic heterocycles. The molecule has 137 heavy (non-hydrogen) atoms. The van der Waals surface area contributed by atoms with E-state index in [9.17, 15) is 34.2 Å². The minimum absolute atomic E-state index is 0.00484. The van der Waals surface area contributed by atoms with Crippen LogP contribution >= 0.6 is 0 Å². The van der Waals surface area contributed by atoms with E-state index in [1.54, 1.807) is 156 Å². The average Bonchev–Trinajstić information content (AvgIpc) is 0.850. The highest BCUT2D eigenvalue weighted by molar-refractivity contribution is 5.96. The molecule has 0 spiro atoms. The number of hydrogen-bond donors (Lipinski definition) is 5. The Morgan fingerprint density at radius 3 is 0.745 bits per heavy atom. The Labute approximate surface area is 814 Å². The quantitative estimate of drug-likeness (QED) is 0.0226. The molecule has 7 N–H and O–H groups in total. The van der Waals surface area contributed by atoms with Crippen molar-refractivity contribution in [2.75, 3.05) is 145 Å². The third-order valence-corrected chi connectivity index (χ3v) is 25.4. The van der Waals surface area contributed by atoms with Gasteiger partial charge < -0.3 is 85.6 Å². The van der Waals surface area contributed by atoms with Crippen LogP contribution in [0, 0.1) is 0 Å². The first kappa shape index (κ1) is 116. The average molecular weight is 1900 g/mol. The summed E-state index contributed by atoms with van der Waals surface area (Å²) in [6.07, 6.45) is 20.8. The van der Waals surface area contributed by atoms with Gasteiger partial charge in [-0.15, -0.1) is 0 Å². The highest BCUT2D eigenvalue weighted by Crippen LogP contribution is 2.29. The van der Waals surface area contributed by atoms with Crippen molar-refractivity contribution >= 4 is 82.8 Å². The van der Waals surface area contributed by atoms with Crippen LogP contribution in [0.2, 0.25) is 0 Å². The summed E-state index contributed by atoms with van der Waals surface area (Å²) in [5.74, 6) is -10.8. The number of nitrogens with two attached hydrogens (primary N) is 2. The Kier molecular flexibility index (Phi) is 56.7. The lowest BCUT2D eigenvalue weighted by Crippen LogP contribution is -2.53. The van der Waals surface area contributed by atoms with E-state index < -0.39 is 211 Å². The summed E-state index contributed by atoms with van der Waals surface area (Å²) in [4.78, 5) is 220. The van der Waals surface area contributed by atoms with E-state index in [-0.39, 0.29) is 45.7 Å². The monoisotopic (exact) mass is 1900 g/mol. The molecule has 12 amide bonds. The van der Waals surface area contributed by atoms with Crippen molar-refractivity contribution in [1.29, 1.82) is 0 Å². The number of nitrogens with one attached hydrogen (secondary N) is 1. The zero-order valence-electron chi connectivity index (χ0n) is 83.4. The van der Waals surface area contributed by atoms with E-state index in [2.05, 4.69) is 26.1 Å². The number of methoxy groups -OCH3 is 1. The molecule has 0 radical (unpaired) electrons. The summed E-state index contributed by atoms with van der Waals surface area (Å²) in [5, 5.41) is 23.5. The number of hydrogen-bond acceptors (Lipinski definition) is 17. The molecule has 0 aliphatic heterocycles. The molecule has 0 fully saturated rings. The second kappa shape index (κ2) is 66.9. The summed E-state index contributed by atoms with van der Waals surface area (Å²) in [5.41, 5.74) is 15.2. The van der Waals surface area contributed by atoms with Gasteiger partial charge in [0.25, 0.3) is 0 Å². The lowest BCUT2D eigenvalue weighted by atomic mass is 10.1. The van der Waals surface area contributed by atoms with Gasteiger partial charge in [-0.05, 0) is 94.7 Å². The van der Waals surface area contributed by atoms with Gasteiger partial charge in [-0.3, -0.25) is 67.1 Å². The molecule has 5 aromatic carbocycles. The highest BCUT2D eigenvalue weighted by atomic mass is 16.5. The number of carbonyl (C=O) groups is 14. The van der Waals surface area contributed by atoms with Gasteiger partial charge >= 0.3 is 11.9 Å². The fourth-order valence-electron chi connectivity index (χ4n) is 16.7. The summed E-state index contributed by atoms with van der Waals surface area (Å²) in [6.45, 7) is 8.05. The van der Waals surface area contributed by atoms with Gasteiger partial charge in [0.2, 0.25) is 70.9 Å². The largest absolute Gasteiger partial charge is 0.481 e. The molecule has 0 unspecified atom stereocenters. The van der Waals surface area contributed by atoms with Crippen LogP contribution in [0.4, 0.5) is 0 Å². The SMILES string of the molecule is CCCCCCCCCCN(CC(N)=O)C(=O)CN(C(=O)CN(CCC(=O)O)C(=O)CN(CCCCCCCCCC)C(=O)CN(C(=O)CN(CCCN)C(=O)CN(CCCCCCCCCC)C(=O)CN(C(=O)CN(CCC(=O)O)C(=O)CN(C(=O)CN(C(=O)CNCCOC)[C@@H](C)c1ccccc1)[C@@H](C)c1ccccc1)[C@@H](C)c1ccccc1)[C@@H](C)c1ccccc1)[C@@H](C)c1ccccc1. The molecule has 5 atom stereocenters. The van der Waals surface area contributed by atoms with Crippen molar-refractivity contribution in [2.45, 2.75) is 259 Å². The summed E-state index contributed by atoms with van der Waals surface area (Å²) in [7, 11) is 1.53. The molecule has 5 aromatic rings. The number of carboxylic acid groups (broad SMARTS) is 2. The molecule has 0 saturated heterocycles. The molecule has 0 saturated carbocycles. The summed E-state index contributed by atoms with van der Waals surface area (Å²) < 4.78 is 5.20. The van der Waals surface area contributed by atoms with Gasteiger partial charge in [0.1, 0.15) is 32.7 Å². The number of amides is 12. The van der Waals surface area contributed by atoms with Crippen molar-refractivity contribution < 1.29 is 82.1 Å². The molecule has 0 aliphatic rings. The first-order valence-electron chi connectivity index (χ1n) is 50.0. The zero-order valence-corrected chi connectivity index (χ0v) is 83.4. The van der Waals surface area contributed by atoms with Crippen molar-refractivity contribution in [1.82, 2.24) is 59.2 Å². The highest BCUT2D eigenvalue weighted by Gasteiger charge is 2.38. The van der Waals surface area contributed by atoms with Gasteiger partial charge in [-0.1, -0.05) is 307 Å². The zero-order chi connectivity index (χ0) is 100. The molecule has 31 nitrogen and oxygen atoms in total. The summed E-state index contributed by atoms with van der Waals surface area (Å²) in [6, 6.07) is 40.7. The molecule has 31 heteroatoms. The fraction of sp³-hybridized carbons (Fsp3) is 0.585. The van der Waals surface area contributed by atoms with Gasteiger partial charge in [0.05, 0.1) is 95.5 Å². The smallest absolute Gasteiger partial charge is 0.305 e. The van der Waals surface area contributed by atoms with E-state index in [4.69, 9.17) is 16.2 Å². The van der Waals surface area contributed by atoms with E-state index in [1.807, 2.05) is 30.3 Å². The molecular weight excluding hydrogens is 1740 g/mol. The molecule has 756 valence electrons. The van der Waals surface area contributed by atoms with Crippen molar-refractivity contribution in [2.24, 2.45) is 11.5 Å². The van der Waals surface area contributed by atoms with Crippen LogP contribution in [0.25, 0.3) is 0 Å². The van der Waals surface area contributed by atoms with Gasteiger partial charge in [0.15, 0.2) is 0 Å². The topological polar surface area (TPSA) is 388 Å². The van der Waals surface area contributed by atoms with Crippen LogP contribution in [0.15, 0.2) is 152 Å². The molecule has 0 bridgehead atoms. The second-order valence-electron chi connectivity index (χ2n) is 35.9. The lowest BCUT2D eigenvalue weighted by Gasteiger charge is -2.36. The predicted molar refractivity (Wildman–Crippen MR) is 532 cm³/mol. The van der Waals surface area contributed by atoms with Crippen molar-refractivity contribution in [3.63, 3.8) is 0 Å². The minimum atomic E-state index is -1.29. The number of carboxylic acids is 2. The number of rotatable bonds is 73. The maximum absolute atomic E-state index is 15.8.